The average molecular weight is 291 g/mol. The van der Waals surface area contributed by atoms with Crippen LogP contribution in [0.15, 0.2) is 6.20 Å². The van der Waals surface area contributed by atoms with Crippen molar-refractivity contribution in [1.82, 2.24) is 24.5 Å². The molecule has 0 aliphatic carbocycles. The molecule has 1 aliphatic heterocycles. The van der Waals surface area contributed by atoms with Crippen molar-refractivity contribution in [2.45, 2.75) is 39.0 Å². The van der Waals surface area contributed by atoms with E-state index in [1.807, 2.05) is 4.57 Å². The Bertz CT molecular complexity index is 661. The Kier molecular flexibility index (Phi) is 3.70. The van der Waals surface area contributed by atoms with Crippen molar-refractivity contribution in [3.05, 3.63) is 17.6 Å². The molecule has 1 N–H and O–H groups in total. The minimum atomic E-state index is -0.990. The number of carbonyl (C=O) groups is 1. The van der Waals surface area contributed by atoms with Crippen molar-refractivity contribution >= 4 is 5.97 Å². The number of rotatable bonds is 4. The fourth-order valence-corrected chi connectivity index (χ4v) is 2.66. The molecule has 8 nitrogen and oxygen atoms in total. The fourth-order valence-electron chi connectivity index (χ4n) is 2.66. The summed E-state index contributed by atoms with van der Waals surface area (Å²) in [6.45, 7) is 1.02. The molecular formula is C13H17N5O3. The molecule has 2 aromatic heterocycles. The second-order valence-corrected chi connectivity index (χ2v) is 5.02. The molecule has 0 saturated carbocycles. The van der Waals surface area contributed by atoms with Crippen molar-refractivity contribution in [2.75, 3.05) is 7.11 Å². The summed E-state index contributed by atoms with van der Waals surface area (Å²) < 4.78 is 6.94. The van der Waals surface area contributed by atoms with Crippen molar-refractivity contribution in [3.8, 4) is 11.5 Å². The van der Waals surface area contributed by atoms with E-state index in [2.05, 4.69) is 15.2 Å². The van der Waals surface area contributed by atoms with Crippen molar-refractivity contribution in [2.24, 2.45) is 0 Å². The molecule has 1 aliphatic rings. The van der Waals surface area contributed by atoms with E-state index in [1.165, 1.54) is 4.80 Å². The van der Waals surface area contributed by atoms with Crippen LogP contribution in [0.5, 0.6) is 0 Å². The van der Waals surface area contributed by atoms with Gasteiger partial charge in [0.25, 0.3) is 0 Å². The number of carboxylic acids is 1. The topological polar surface area (TPSA) is 95.1 Å². The number of aromatic carboxylic acids is 1. The molecule has 0 bridgehead atoms. The number of ether oxygens (including phenoxy) is 1. The van der Waals surface area contributed by atoms with Gasteiger partial charge in [-0.25, -0.2) is 9.78 Å². The first-order chi connectivity index (χ1) is 10.2. The van der Waals surface area contributed by atoms with Crippen LogP contribution in [0.25, 0.3) is 11.5 Å². The van der Waals surface area contributed by atoms with Gasteiger partial charge in [0.2, 0.25) is 0 Å². The first-order valence-corrected chi connectivity index (χ1v) is 6.93. The van der Waals surface area contributed by atoms with Gasteiger partial charge >= 0.3 is 5.97 Å². The number of imidazole rings is 1. The van der Waals surface area contributed by atoms with Crippen LogP contribution >= 0.6 is 0 Å². The van der Waals surface area contributed by atoms with E-state index in [9.17, 15) is 9.90 Å². The number of hydrogen-bond acceptors (Lipinski definition) is 5. The molecule has 3 rings (SSSR count). The summed E-state index contributed by atoms with van der Waals surface area (Å²) in [5.41, 5.74) is 1.49. The third-order valence-electron chi connectivity index (χ3n) is 3.58. The Morgan fingerprint density at radius 3 is 3.05 bits per heavy atom. The third-order valence-corrected chi connectivity index (χ3v) is 3.58. The second-order valence-electron chi connectivity index (χ2n) is 5.02. The molecule has 0 radical (unpaired) electrons. The van der Waals surface area contributed by atoms with Crippen LogP contribution in [-0.2, 0) is 24.4 Å². The Morgan fingerprint density at radius 2 is 2.29 bits per heavy atom. The monoisotopic (exact) mass is 291 g/mol. The molecule has 0 spiro atoms. The Balaban J connectivity index is 2.06. The highest BCUT2D eigenvalue weighted by atomic mass is 16.5. The Morgan fingerprint density at radius 1 is 1.43 bits per heavy atom. The summed E-state index contributed by atoms with van der Waals surface area (Å²) >= 11 is 0. The zero-order valence-corrected chi connectivity index (χ0v) is 11.8. The molecule has 0 atom stereocenters. The van der Waals surface area contributed by atoms with Crippen LogP contribution in [0.2, 0.25) is 0 Å². The number of carboxylic acid groups (broad SMARTS) is 1. The lowest BCUT2D eigenvalue weighted by Crippen LogP contribution is -2.06. The maximum Gasteiger partial charge on any atom is 0.356 e. The summed E-state index contributed by atoms with van der Waals surface area (Å²) in [5.74, 6) is -0.414. The Hall–Kier alpha value is -2.22. The van der Waals surface area contributed by atoms with Gasteiger partial charge in [-0.05, 0) is 19.3 Å². The maximum atomic E-state index is 11.4. The molecule has 0 fully saturated rings. The standard InChI is InChI=1S/C13H17N5O3/c1-21-8-18-14-7-9(16-18)12-15-11(13(19)20)10-5-3-2-4-6-17(10)12/h7H,2-6,8H2,1H3,(H,19,20). The third kappa shape index (κ3) is 2.54. The molecule has 8 heteroatoms. The quantitative estimate of drug-likeness (QED) is 0.908. The first-order valence-electron chi connectivity index (χ1n) is 6.93. The van der Waals surface area contributed by atoms with Gasteiger partial charge in [0.15, 0.2) is 18.2 Å². The van der Waals surface area contributed by atoms with Gasteiger partial charge in [-0.2, -0.15) is 9.90 Å². The summed E-state index contributed by atoms with van der Waals surface area (Å²) in [6, 6.07) is 0. The average Bonchev–Trinajstić information content (AvgIpc) is 2.97. The number of fused-ring (bicyclic) bond motifs is 1. The predicted octanol–water partition coefficient (Wildman–Crippen LogP) is 1.17. The highest BCUT2D eigenvalue weighted by Crippen LogP contribution is 2.25. The summed E-state index contributed by atoms with van der Waals surface area (Å²) in [7, 11) is 1.56. The fraction of sp³-hybridized carbons (Fsp3) is 0.538. The number of nitrogens with zero attached hydrogens (tertiary/aromatic N) is 5. The van der Waals surface area contributed by atoms with Crippen LogP contribution < -0.4 is 0 Å². The van der Waals surface area contributed by atoms with Crippen LogP contribution in [-0.4, -0.2) is 42.7 Å². The summed E-state index contributed by atoms with van der Waals surface area (Å²) in [4.78, 5) is 17.1. The largest absolute Gasteiger partial charge is 0.476 e. The van der Waals surface area contributed by atoms with Gasteiger partial charge in [-0.3, -0.25) is 0 Å². The zero-order chi connectivity index (χ0) is 14.8. The first kappa shape index (κ1) is 13.7. The van der Waals surface area contributed by atoms with Crippen molar-refractivity contribution in [1.29, 1.82) is 0 Å². The number of hydrogen-bond donors (Lipinski definition) is 1. The predicted molar refractivity (Wildman–Crippen MR) is 72.8 cm³/mol. The molecule has 2 aromatic rings. The van der Waals surface area contributed by atoms with Gasteiger partial charge in [-0.15, -0.1) is 5.10 Å². The van der Waals surface area contributed by atoms with E-state index in [4.69, 9.17) is 4.74 Å². The van der Waals surface area contributed by atoms with Crippen molar-refractivity contribution in [3.63, 3.8) is 0 Å². The lowest BCUT2D eigenvalue weighted by atomic mass is 10.1. The Labute approximate surface area is 121 Å². The van der Waals surface area contributed by atoms with Crippen LogP contribution in [0.1, 0.15) is 35.4 Å². The van der Waals surface area contributed by atoms with Crippen LogP contribution in [0.4, 0.5) is 0 Å². The van der Waals surface area contributed by atoms with E-state index >= 15 is 0 Å². The molecule has 21 heavy (non-hydrogen) atoms. The molecule has 0 aromatic carbocycles. The minimum absolute atomic E-state index is 0.133. The number of aromatic nitrogens is 5. The van der Waals surface area contributed by atoms with Crippen molar-refractivity contribution < 1.29 is 14.6 Å². The van der Waals surface area contributed by atoms with E-state index in [1.54, 1.807) is 13.3 Å². The normalized spacial score (nSPS) is 14.7. The molecule has 0 saturated heterocycles. The molecule has 0 amide bonds. The van der Waals surface area contributed by atoms with Gasteiger partial charge in [0.1, 0.15) is 5.69 Å². The summed E-state index contributed by atoms with van der Waals surface area (Å²) in [6.07, 6.45) is 5.42. The molecule has 112 valence electrons. The minimum Gasteiger partial charge on any atom is -0.476 e. The van der Waals surface area contributed by atoms with Gasteiger partial charge < -0.3 is 14.4 Å². The highest BCUT2D eigenvalue weighted by Gasteiger charge is 2.25. The van der Waals surface area contributed by atoms with Crippen LogP contribution in [0, 0.1) is 0 Å². The van der Waals surface area contributed by atoms with Gasteiger partial charge in [-0.1, -0.05) is 6.42 Å². The van der Waals surface area contributed by atoms with Gasteiger partial charge in [0.05, 0.1) is 11.9 Å². The maximum absolute atomic E-state index is 11.4. The van der Waals surface area contributed by atoms with E-state index in [0.29, 0.717) is 11.5 Å². The summed E-state index contributed by atoms with van der Waals surface area (Å²) in [5, 5.41) is 17.7. The van der Waals surface area contributed by atoms with E-state index in [-0.39, 0.29) is 12.4 Å². The SMILES string of the molecule is COCn1ncc(-c2nc(C(=O)O)c3n2CCCCC3)n1. The van der Waals surface area contributed by atoms with E-state index in [0.717, 1.165) is 37.9 Å². The lowest BCUT2D eigenvalue weighted by Gasteiger charge is -2.06. The molecule has 0 unspecified atom stereocenters. The highest BCUT2D eigenvalue weighted by molar-refractivity contribution is 5.87. The van der Waals surface area contributed by atoms with Gasteiger partial charge in [0, 0.05) is 13.7 Å². The lowest BCUT2D eigenvalue weighted by molar-refractivity contribution is 0.0689. The second kappa shape index (κ2) is 5.65. The molecule has 3 heterocycles. The van der Waals surface area contributed by atoms with Crippen LogP contribution in [0.3, 0.4) is 0 Å². The van der Waals surface area contributed by atoms with E-state index < -0.39 is 5.97 Å². The molecular weight excluding hydrogens is 274 g/mol. The zero-order valence-electron chi connectivity index (χ0n) is 11.8. The smallest absolute Gasteiger partial charge is 0.356 e. The number of methoxy groups -OCH3 is 1.